The van der Waals surface area contributed by atoms with Gasteiger partial charge in [0, 0.05) is 17.8 Å². The van der Waals surface area contributed by atoms with Crippen LogP contribution in [0.3, 0.4) is 0 Å². The van der Waals surface area contributed by atoms with E-state index in [1.807, 2.05) is 0 Å². The molecule has 9 heteroatoms. The molecule has 1 unspecified atom stereocenters. The van der Waals surface area contributed by atoms with Crippen molar-refractivity contribution in [1.29, 1.82) is 0 Å². The lowest BCUT2D eigenvalue weighted by atomic mass is 9.93. The van der Waals surface area contributed by atoms with E-state index in [0.29, 0.717) is 5.69 Å². The van der Waals surface area contributed by atoms with Gasteiger partial charge in [-0.2, -0.15) is 17.5 Å². The maximum Gasteiger partial charge on any atom is 0.511 e. The van der Waals surface area contributed by atoms with Gasteiger partial charge in [0.1, 0.15) is 5.54 Å². The zero-order valence-corrected chi connectivity index (χ0v) is 12.0. The zero-order valence-electron chi connectivity index (χ0n) is 11.2. The Balaban J connectivity index is 2.65. The molecule has 0 aromatic heterocycles. The molecule has 0 radical (unpaired) electrons. The number of anilines is 1. The number of benzene rings is 1. The largest absolute Gasteiger partial charge is 0.511 e. The molecule has 5 nitrogen and oxygen atoms in total. The summed E-state index contributed by atoms with van der Waals surface area (Å²) >= 11 is 0. The highest BCUT2D eigenvalue weighted by molar-refractivity contribution is 7.90. The molecule has 1 aromatic carbocycles. The van der Waals surface area contributed by atoms with Gasteiger partial charge in [-0.3, -0.25) is 4.79 Å². The van der Waals surface area contributed by atoms with Gasteiger partial charge < -0.3 is 5.32 Å². The number of nitrogens with one attached hydrogen (secondary N) is 1. The Kier molecular flexibility index (Phi) is 3.53. The van der Waals surface area contributed by atoms with Crippen molar-refractivity contribution in [2.24, 2.45) is 0 Å². The summed E-state index contributed by atoms with van der Waals surface area (Å²) in [5, 5.41) is 2.41. The number of carbonyl (C=O) groups is 1. The van der Waals surface area contributed by atoms with Crippen molar-refractivity contribution in [3.8, 4) is 0 Å². The van der Waals surface area contributed by atoms with Gasteiger partial charge in [0.15, 0.2) is 0 Å². The molecule has 1 aliphatic rings. The van der Waals surface area contributed by atoms with Crippen LogP contribution in [0.2, 0.25) is 0 Å². The number of halogens is 3. The summed E-state index contributed by atoms with van der Waals surface area (Å²) in [6.07, 6.45) is 0. The standard InChI is InChI=1S/C12H13F3N2O3S/c1-3-17(21(19,20)12(13,14)15)11(2)8-6-4-5-7-9(8)16-10(11)18/h4-7H,3H2,1-2H3,(H,16,18). The number of likely N-dealkylation sites (N-methyl/N-ethyl adjacent to an activating group) is 1. The predicted octanol–water partition coefficient (Wildman–Crippen LogP) is 2.03. The van der Waals surface area contributed by atoms with Crippen LogP contribution in [0.15, 0.2) is 24.3 Å². The van der Waals surface area contributed by atoms with Crippen molar-refractivity contribution >= 4 is 21.6 Å². The molecule has 0 saturated carbocycles. The van der Waals surface area contributed by atoms with E-state index < -0.39 is 33.5 Å². The van der Waals surface area contributed by atoms with Gasteiger partial charge in [0.05, 0.1) is 0 Å². The first-order valence-corrected chi connectivity index (χ1v) is 7.51. The normalized spacial score (nSPS) is 22.3. The lowest BCUT2D eigenvalue weighted by Crippen LogP contribution is -2.55. The maximum atomic E-state index is 12.8. The Labute approximate surface area is 119 Å². The highest BCUT2D eigenvalue weighted by Gasteiger charge is 2.59. The number of carbonyl (C=O) groups excluding carboxylic acids is 1. The van der Waals surface area contributed by atoms with E-state index in [2.05, 4.69) is 5.32 Å². The minimum absolute atomic E-state index is 0.182. The van der Waals surface area contributed by atoms with E-state index in [1.165, 1.54) is 32.0 Å². The monoisotopic (exact) mass is 322 g/mol. The van der Waals surface area contributed by atoms with Crippen LogP contribution in [0.25, 0.3) is 0 Å². The van der Waals surface area contributed by atoms with Crippen molar-refractivity contribution in [3.05, 3.63) is 29.8 Å². The highest BCUT2D eigenvalue weighted by Crippen LogP contribution is 2.43. The van der Waals surface area contributed by atoms with Gasteiger partial charge in [-0.25, -0.2) is 8.42 Å². The van der Waals surface area contributed by atoms with E-state index in [0.717, 1.165) is 0 Å². The van der Waals surface area contributed by atoms with Crippen LogP contribution in [-0.4, -0.2) is 30.7 Å². The number of hydrogen-bond acceptors (Lipinski definition) is 3. The number of rotatable bonds is 3. The van der Waals surface area contributed by atoms with E-state index in [-0.39, 0.29) is 9.87 Å². The molecule has 0 bridgehead atoms. The number of amides is 1. The number of fused-ring (bicyclic) bond motifs is 1. The summed E-state index contributed by atoms with van der Waals surface area (Å²) in [6.45, 7) is 1.93. The summed E-state index contributed by atoms with van der Waals surface area (Å²) in [4.78, 5) is 12.1. The van der Waals surface area contributed by atoms with E-state index in [4.69, 9.17) is 0 Å². The molecule has 1 heterocycles. The van der Waals surface area contributed by atoms with Crippen LogP contribution in [0.5, 0.6) is 0 Å². The van der Waals surface area contributed by atoms with Crippen LogP contribution in [0, 0.1) is 0 Å². The minimum atomic E-state index is -5.63. The average Bonchev–Trinajstić information content (AvgIpc) is 2.62. The molecule has 1 atom stereocenters. The number of hydrogen-bond donors (Lipinski definition) is 1. The molecule has 2 rings (SSSR count). The van der Waals surface area contributed by atoms with E-state index in [9.17, 15) is 26.4 Å². The predicted molar refractivity (Wildman–Crippen MR) is 69.8 cm³/mol. The fraction of sp³-hybridized carbons (Fsp3) is 0.417. The Bertz CT molecular complexity index is 687. The first kappa shape index (κ1) is 15.8. The second kappa shape index (κ2) is 4.70. The SMILES string of the molecule is CCN(C1(C)C(=O)Nc2ccccc21)S(=O)(=O)C(F)(F)F. The fourth-order valence-electron chi connectivity index (χ4n) is 2.48. The summed E-state index contributed by atoms with van der Waals surface area (Å²) in [5.74, 6) is -0.807. The van der Waals surface area contributed by atoms with Crippen molar-refractivity contribution in [3.63, 3.8) is 0 Å². The molecule has 0 fully saturated rings. The molecular weight excluding hydrogens is 309 g/mol. The fourth-order valence-corrected chi connectivity index (χ4v) is 3.73. The topological polar surface area (TPSA) is 66.5 Å². The van der Waals surface area contributed by atoms with Gasteiger partial charge >= 0.3 is 15.5 Å². The highest BCUT2D eigenvalue weighted by atomic mass is 32.2. The second-order valence-corrected chi connectivity index (χ2v) is 6.54. The smallest absolute Gasteiger partial charge is 0.324 e. The molecule has 116 valence electrons. The molecule has 0 aliphatic carbocycles. The van der Waals surface area contributed by atoms with Crippen molar-refractivity contribution in [1.82, 2.24) is 4.31 Å². The molecule has 1 N–H and O–H groups in total. The van der Waals surface area contributed by atoms with Crippen molar-refractivity contribution in [2.45, 2.75) is 24.9 Å². The van der Waals surface area contributed by atoms with Crippen LogP contribution in [-0.2, 0) is 20.4 Å². The van der Waals surface area contributed by atoms with Crippen molar-refractivity contribution in [2.75, 3.05) is 11.9 Å². The van der Waals surface area contributed by atoms with Gasteiger partial charge in [0.25, 0.3) is 0 Å². The lowest BCUT2D eigenvalue weighted by molar-refractivity contribution is -0.124. The van der Waals surface area contributed by atoms with Crippen molar-refractivity contribution < 1.29 is 26.4 Å². The third-order valence-electron chi connectivity index (χ3n) is 3.51. The van der Waals surface area contributed by atoms with Gasteiger partial charge in [-0.05, 0) is 13.0 Å². The zero-order chi connectivity index (χ0) is 16.1. The quantitative estimate of drug-likeness (QED) is 0.926. The summed E-state index contributed by atoms with van der Waals surface area (Å²) in [7, 11) is -5.63. The lowest BCUT2D eigenvalue weighted by Gasteiger charge is -2.35. The average molecular weight is 322 g/mol. The van der Waals surface area contributed by atoms with E-state index in [1.54, 1.807) is 6.07 Å². The van der Waals surface area contributed by atoms with Crippen LogP contribution < -0.4 is 5.32 Å². The maximum absolute atomic E-state index is 12.8. The van der Waals surface area contributed by atoms with E-state index >= 15 is 0 Å². The Morgan fingerprint density at radius 1 is 1.29 bits per heavy atom. The molecule has 1 aromatic rings. The third-order valence-corrected chi connectivity index (χ3v) is 5.30. The summed E-state index contributed by atoms with van der Waals surface area (Å²) in [6, 6.07) is 6.07. The molecule has 1 amide bonds. The molecule has 0 spiro atoms. The minimum Gasteiger partial charge on any atom is -0.324 e. The summed E-state index contributed by atoms with van der Waals surface area (Å²) < 4.78 is 62.2. The van der Waals surface area contributed by atoms with Crippen LogP contribution in [0.1, 0.15) is 19.4 Å². The first-order valence-electron chi connectivity index (χ1n) is 6.07. The number of para-hydroxylation sites is 1. The van der Waals surface area contributed by atoms with Gasteiger partial charge in [-0.1, -0.05) is 25.1 Å². The second-order valence-electron chi connectivity index (χ2n) is 4.69. The molecule has 1 aliphatic heterocycles. The van der Waals surface area contributed by atoms with Gasteiger partial charge in [-0.15, -0.1) is 0 Å². The summed E-state index contributed by atoms with van der Waals surface area (Å²) in [5.41, 5.74) is -6.89. The molecule has 21 heavy (non-hydrogen) atoms. The number of alkyl halides is 3. The van der Waals surface area contributed by atoms with Crippen LogP contribution in [0.4, 0.5) is 18.9 Å². The Morgan fingerprint density at radius 3 is 2.38 bits per heavy atom. The van der Waals surface area contributed by atoms with Gasteiger partial charge in [0.2, 0.25) is 5.91 Å². The number of sulfonamides is 1. The number of nitrogens with zero attached hydrogens (tertiary/aromatic N) is 1. The first-order chi connectivity index (χ1) is 9.56. The third kappa shape index (κ3) is 2.11. The molecule has 0 saturated heterocycles. The Morgan fingerprint density at radius 2 is 1.86 bits per heavy atom. The Hall–Kier alpha value is -1.61. The van der Waals surface area contributed by atoms with Crippen LogP contribution >= 0.6 is 0 Å². The molecular formula is C12H13F3N2O3S.